The maximum absolute atomic E-state index is 13.4. The lowest BCUT2D eigenvalue weighted by molar-refractivity contribution is -0.117. The molecule has 1 rings (SSSR count). The van der Waals surface area contributed by atoms with Crippen molar-refractivity contribution in [1.29, 1.82) is 0 Å². The van der Waals surface area contributed by atoms with Crippen molar-refractivity contribution in [2.75, 3.05) is 13.6 Å². The van der Waals surface area contributed by atoms with E-state index in [1.807, 2.05) is 11.9 Å². The first-order valence-electron chi connectivity index (χ1n) is 5.61. The number of carbonyl (C=O) groups is 1. The predicted octanol–water partition coefficient (Wildman–Crippen LogP) is 3.28. The summed E-state index contributed by atoms with van der Waals surface area (Å²) < 4.78 is 13.4. The quantitative estimate of drug-likeness (QED) is 0.780. The summed E-state index contributed by atoms with van der Waals surface area (Å²) >= 11 is 5.82. The Morgan fingerprint density at radius 1 is 1.47 bits per heavy atom. The van der Waals surface area contributed by atoms with Crippen LogP contribution in [0.3, 0.4) is 0 Å². The smallest absolute Gasteiger partial charge is 0.129 e. The molecule has 0 aliphatic heterocycles. The van der Waals surface area contributed by atoms with Crippen LogP contribution < -0.4 is 0 Å². The van der Waals surface area contributed by atoms with E-state index < -0.39 is 0 Å². The first kappa shape index (κ1) is 14.1. The highest BCUT2D eigenvalue weighted by Gasteiger charge is 2.06. The summed E-state index contributed by atoms with van der Waals surface area (Å²) in [6.45, 7) is 2.85. The standard InChI is InChI=1S/C13H17ClFNO/c1-10(17)4-3-7-16(2)9-11-8-12(14)5-6-13(11)15/h5-6,8H,3-4,7,9H2,1-2H3. The van der Waals surface area contributed by atoms with E-state index in [0.29, 0.717) is 23.6 Å². The Labute approximate surface area is 106 Å². The van der Waals surface area contributed by atoms with Crippen molar-refractivity contribution < 1.29 is 9.18 Å². The van der Waals surface area contributed by atoms with Crippen LogP contribution in [0.15, 0.2) is 18.2 Å². The molecular formula is C13H17ClFNO. The van der Waals surface area contributed by atoms with Gasteiger partial charge < -0.3 is 9.69 Å². The molecule has 0 fully saturated rings. The molecule has 1 aromatic carbocycles. The lowest BCUT2D eigenvalue weighted by Gasteiger charge is -2.16. The van der Waals surface area contributed by atoms with E-state index in [1.165, 1.54) is 12.1 Å². The molecule has 0 spiro atoms. The second kappa shape index (κ2) is 6.72. The van der Waals surface area contributed by atoms with Crippen LogP contribution in [0.5, 0.6) is 0 Å². The van der Waals surface area contributed by atoms with Gasteiger partial charge in [0.1, 0.15) is 11.6 Å². The Bertz CT molecular complexity index is 395. The fourth-order valence-electron chi connectivity index (χ4n) is 1.63. The van der Waals surface area contributed by atoms with Crippen molar-refractivity contribution >= 4 is 17.4 Å². The summed E-state index contributed by atoms with van der Waals surface area (Å²) in [7, 11) is 1.90. The first-order chi connectivity index (χ1) is 7.99. The van der Waals surface area contributed by atoms with Gasteiger partial charge in [-0.3, -0.25) is 0 Å². The molecule has 0 aromatic heterocycles. The number of carbonyl (C=O) groups excluding carboxylic acids is 1. The summed E-state index contributed by atoms with van der Waals surface area (Å²) in [6.07, 6.45) is 1.37. The SMILES string of the molecule is CC(=O)CCCN(C)Cc1cc(Cl)ccc1F. The molecule has 0 unspecified atom stereocenters. The zero-order valence-electron chi connectivity index (χ0n) is 10.2. The highest BCUT2D eigenvalue weighted by molar-refractivity contribution is 6.30. The summed E-state index contributed by atoms with van der Waals surface area (Å²) in [6, 6.07) is 4.55. The molecule has 0 aliphatic carbocycles. The minimum Gasteiger partial charge on any atom is -0.302 e. The first-order valence-corrected chi connectivity index (χ1v) is 5.98. The van der Waals surface area contributed by atoms with Gasteiger partial charge in [0.05, 0.1) is 0 Å². The Hall–Kier alpha value is -0.930. The molecule has 0 aliphatic rings. The molecule has 0 saturated heterocycles. The van der Waals surface area contributed by atoms with Gasteiger partial charge in [-0.1, -0.05) is 11.6 Å². The second-order valence-corrected chi connectivity index (χ2v) is 4.72. The highest BCUT2D eigenvalue weighted by atomic mass is 35.5. The minimum absolute atomic E-state index is 0.187. The van der Waals surface area contributed by atoms with E-state index in [2.05, 4.69) is 0 Å². The van der Waals surface area contributed by atoms with Gasteiger partial charge in [0, 0.05) is 23.6 Å². The lowest BCUT2D eigenvalue weighted by atomic mass is 10.2. The third kappa shape index (κ3) is 5.29. The molecule has 0 heterocycles. The lowest BCUT2D eigenvalue weighted by Crippen LogP contribution is -2.20. The van der Waals surface area contributed by atoms with Crippen LogP contribution in [0.4, 0.5) is 4.39 Å². The molecule has 1 aromatic rings. The van der Waals surface area contributed by atoms with Crippen molar-refractivity contribution in [3.63, 3.8) is 0 Å². The maximum Gasteiger partial charge on any atom is 0.129 e. The van der Waals surface area contributed by atoms with Gasteiger partial charge in [-0.15, -0.1) is 0 Å². The average molecular weight is 258 g/mol. The van der Waals surface area contributed by atoms with E-state index >= 15 is 0 Å². The second-order valence-electron chi connectivity index (χ2n) is 4.28. The number of nitrogens with zero attached hydrogens (tertiary/aromatic N) is 1. The number of hydrogen-bond acceptors (Lipinski definition) is 2. The van der Waals surface area contributed by atoms with Crippen molar-refractivity contribution in [2.45, 2.75) is 26.3 Å². The average Bonchev–Trinajstić information content (AvgIpc) is 2.23. The normalized spacial score (nSPS) is 10.9. The summed E-state index contributed by atoms with van der Waals surface area (Å²) in [5.41, 5.74) is 0.586. The molecule has 0 N–H and O–H groups in total. The minimum atomic E-state index is -0.243. The molecule has 0 amide bonds. The molecule has 17 heavy (non-hydrogen) atoms. The zero-order valence-corrected chi connectivity index (χ0v) is 10.9. The van der Waals surface area contributed by atoms with Crippen LogP contribution in [0, 0.1) is 5.82 Å². The zero-order chi connectivity index (χ0) is 12.8. The monoisotopic (exact) mass is 257 g/mol. The van der Waals surface area contributed by atoms with Gasteiger partial charge in [0.2, 0.25) is 0 Å². The molecule has 4 heteroatoms. The van der Waals surface area contributed by atoms with E-state index in [-0.39, 0.29) is 11.6 Å². The summed E-state index contributed by atoms with van der Waals surface area (Å²) in [4.78, 5) is 12.8. The number of benzene rings is 1. The highest BCUT2D eigenvalue weighted by Crippen LogP contribution is 2.16. The fourth-order valence-corrected chi connectivity index (χ4v) is 1.83. The van der Waals surface area contributed by atoms with Crippen LogP contribution in [0.2, 0.25) is 5.02 Å². The number of Topliss-reactive ketones (excluding diaryl/α,β-unsaturated/α-hetero) is 1. The van der Waals surface area contributed by atoms with Crippen molar-refractivity contribution in [3.05, 3.63) is 34.6 Å². The Balaban J connectivity index is 2.47. The number of halogens is 2. The van der Waals surface area contributed by atoms with Crippen LogP contribution in [0.25, 0.3) is 0 Å². The van der Waals surface area contributed by atoms with Crippen molar-refractivity contribution in [3.8, 4) is 0 Å². The van der Waals surface area contributed by atoms with Crippen LogP contribution in [-0.2, 0) is 11.3 Å². The Morgan fingerprint density at radius 3 is 2.82 bits per heavy atom. The summed E-state index contributed by atoms with van der Waals surface area (Å²) in [5, 5.41) is 0.540. The number of ketones is 1. The largest absolute Gasteiger partial charge is 0.302 e. The van der Waals surface area contributed by atoms with Crippen LogP contribution in [-0.4, -0.2) is 24.3 Å². The number of rotatable bonds is 6. The molecule has 0 atom stereocenters. The van der Waals surface area contributed by atoms with Gasteiger partial charge in [-0.05, 0) is 45.1 Å². The van der Waals surface area contributed by atoms with Crippen molar-refractivity contribution in [2.24, 2.45) is 0 Å². The fraction of sp³-hybridized carbons (Fsp3) is 0.462. The maximum atomic E-state index is 13.4. The van der Waals surface area contributed by atoms with Gasteiger partial charge >= 0.3 is 0 Å². The predicted molar refractivity (Wildman–Crippen MR) is 67.7 cm³/mol. The molecule has 0 saturated carbocycles. The van der Waals surface area contributed by atoms with E-state index in [4.69, 9.17) is 11.6 Å². The van der Waals surface area contributed by atoms with Crippen molar-refractivity contribution in [1.82, 2.24) is 4.90 Å². The van der Waals surface area contributed by atoms with Gasteiger partial charge in [0.15, 0.2) is 0 Å². The van der Waals surface area contributed by atoms with E-state index in [9.17, 15) is 9.18 Å². The van der Waals surface area contributed by atoms with Gasteiger partial charge in [-0.2, -0.15) is 0 Å². The number of hydrogen-bond donors (Lipinski definition) is 0. The molecule has 94 valence electrons. The van der Waals surface area contributed by atoms with E-state index in [1.54, 1.807) is 13.0 Å². The molecule has 0 radical (unpaired) electrons. The topological polar surface area (TPSA) is 20.3 Å². The van der Waals surface area contributed by atoms with E-state index in [0.717, 1.165) is 13.0 Å². The Morgan fingerprint density at radius 2 is 2.18 bits per heavy atom. The Kier molecular flexibility index (Phi) is 5.59. The van der Waals surface area contributed by atoms with Crippen LogP contribution in [0.1, 0.15) is 25.3 Å². The van der Waals surface area contributed by atoms with Crippen LogP contribution >= 0.6 is 11.6 Å². The molecule has 0 bridgehead atoms. The third-order valence-corrected chi connectivity index (χ3v) is 2.75. The van der Waals surface area contributed by atoms with Gasteiger partial charge in [-0.25, -0.2) is 4.39 Å². The third-order valence-electron chi connectivity index (χ3n) is 2.52. The molecule has 2 nitrogen and oxygen atoms in total. The van der Waals surface area contributed by atoms with Gasteiger partial charge in [0.25, 0.3) is 0 Å². The summed E-state index contributed by atoms with van der Waals surface area (Å²) in [5.74, 6) is -0.0554. The molecular weight excluding hydrogens is 241 g/mol.